The zero-order chi connectivity index (χ0) is 14.4. The van der Waals surface area contributed by atoms with E-state index >= 15 is 0 Å². The highest BCUT2D eigenvalue weighted by Gasteiger charge is 2.13. The number of benzene rings is 2. The van der Waals surface area contributed by atoms with Crippen molar-refractivity contribution < 1.29 is 14.3 Å². The summed E-state index contributed by atoms with van der Waals surface area (Å²) >= 11 is 0. The number of hydrogen-bond donors (Lipinski definition) is 1. The Bertz CT molecular complexity index is 582. The topological polar surface area (TPSA) is 61.5 Å². The molecule has 0 heterocycles. The molecule has 0 unspecified atom stereocenters. The van der Waals surface area contributed by atoms with Crippen LogP contribution in [0.25, 0.3) is 0 Å². The van der Waals surface area contributed by atoms with Gasteiger partial charge < -0.3 is 15.2 Å². The fraction of sp³-hybridized carbons (Fsp3) is 0.188. The molecule has 0 aliphatic carbocycles. The quantitative estimate of drug-likeness (QED) is 0.671. The highest BCUT2D eigenvalue weighted by Crippen LogP contribution is 2.22. The smallest absolute Gasteiger partial charge is 0.341 e. The fourth-order valence-electron chi connectivity index (χ4n) is 1.86. The normalized spacial score (nSPS) is 10.1. The molecule has 0 aromatic heterocycles. The van der Waals surface area contributed by atoms with E-state index in [-0.39, 0.29) is 0 Å². The van der Waals surface area contributed by atoms with Crippen LogP contribution in [0.2, 0.25) is 0 Å². The number of hydrogen-bond acceptors (Lipinski definition) is 4. The molecule has 0 fully saturated rings. The van der Waals surface area contributed by atoms with Gasteiger partial charge >= 0.3 is 5.97 Å². The van der Waals surface area contributed by atoms with Crippen molar-refractivity contribution >= 4 is 11.7 Å². The first-order valence-electron chi connectivity index (χ1n) is 6.35. The van der Waals surface area contributed by atoms with Crippen molar-refractivity contribution in [1.82, 2.24) is 0 Å². The lowest BCUT2D eigenvalue weighted by Gasteiger charge is -2.09. The van der Waals surface area contributed by atoms with Crippen LogP contribution < -0.4 is 10.5 Å². The van der Waals surface area contributed by atoms with Crippen LogP contribution in [-0.4, -0.2) is 19.7 Å². The predicted octanol–water partition coefficient (Wildman–Crippen LogP) is 2.68. The van der Waals surface area contributed by atoms with Crippen LogP contribution in [0.5, 0.6) is 5.75 Å². The SMILES string of the molecule is COc1cc(N)ccc1C(=O)OCCc1ccccc1. The van der Waals surface area contributed by atoms with Crippen LogP contribution in [0.4, 0.5) is 5.69 Å². The van der Waals surface area contributed by atoms with E-state index in [0.717, 1.165) is 5.56 Å². The maximum atomic E-state index is 12.0. The molecule has 0 spiro atoms. The highest BCUT2D eigenvalue weighted by molar-refractivity contribution is 5.93. The summed E-state index contributed by atoms with van der Waals surface area (Å²) < 4.78 is 10.4. The minimum Gasteiger partial charge on any atom is -0.496 e. The number of methoxy groups -OCH3 is 1. The van der Waals surface area contributed by atoms with Gasteiger partial charge in [0.15, 0.2) is 0 Å². The first-order valence-corrected chi connectivity index (χ1v) is 6.35. The maximum absolute atomic E-state index is 12.0. The summed E-state index contributed by atoms with van der Waals surface area (Å²) in [5.41, 5.74) is 7.70. The van der Waals surface area contributed by atoms with Crippen LogP contribution in [0.15, 0.2) is 48.5 Å². The average molecular weight is 271 g/mol. The Kier molecular flexibility index (Phi) is 4.60. The number of anilines is 1. The molecule has 2 N–H and O–H groups in total. The molecule has 0 aliphatic rings. The Balaban J connectivity index is 1.95. The third kappa shape index (κ3) is 3.51. The van der Waals surface area contributed by atoms with Crippen LogP contribution in [0, 0.1) is 0 Å². The highest BCUT2D eigenvalue weighted by atomic mass is 16.5. The van der Waals surface area contributed by atoms with Crippen molar-refractivity contribution in [1.29, 1.82) is 0 Å². The lowest BCUT2D eigenvalue weighted by molar-refractivity contribution is 0.0505. The lowest BCUT2D eigenvalue weighted by Crippen LogP contribution is -2.10. The van der Waals surface area contributed by atoms with E-state index in [0.29, 0.717) is 30.0 Å². The summed E-state index contributed by atoms with van der Waals surface area (Å²) in [7, 11) is 1.50. The second-order valence-corrected chi connectivity index (χ2v) is 4.33. The maximum Gasteiger partial charge on any atom is 0.341 e. The lowest BCUT2D eigenvalue weighted by atomic mass is 10.1. The summed E-state index contributed by atoms with van der Waals surface area (Å²) in [5.74, 6) is 0.0208. The van der Waals surface area contributed by atoms with Gasteiger partial charge in [-0.1, -0.05) is 30.3 Å². The van der Waals surface area contributed by atoms with Gasteiger partial charge in [-0.2, -0.15) is 0 Å². The largest absolute Gasteiger partial charge is 0.496 e. The Hall–Kier alpha value is -2.49. The van der Waals surface area contributed by atoms with Gasteiger partial charge in [-0.25, -0.2) is 4.79 Å². The van der Waals surface area contributed by atoms with Gasteiger partial charge in [-0.3, -0.25) is 0 Å². The molecule has 0 saturated heterocycles. The van der Waals surface area contributed by atoms with Crippen molar-refractivity contribution in [3.8, 4) is 5.75 Å². The Labute approximate surface area is 118 Å². The number of rotatable bonds is 5. The van der Waals surface area contributed by atoms with Crippen LogP contribution in [-0.2, 0) is 11.2 Å². The molecule has 0 atom stereocenters. The molecule has 0 aliphatic heterocycles. The third-order valence-electron chi connectivity index (χ3n) is 2.91. The summed E-state index contributed by atoms with van der Waals surface area (Å²) in [6.07, 6.45) is 0.684. The molecule has 0 bridgehead atoms. The average Bonchev–Trinajstić information content (AvgIpc) is 2.48. The van der Waals surface area contributed by atoms with Crippen LogP contribution in [0.3, 0.4) is 0 Å². The number of nitrogens with two attached hydrogens (primary N) is 1. The number of carbonyl (C=O) groups excluding carboxylic acids is 1. The van der Waals surface area contributed by atoms with E-state index in [2.05, 4.69) is 0 Å². The molecule has 2 rings (SSSR count). The number of nitrogen functional groups attached to an aromatic ring is 1. The van der Waals surface area contributed by atoms with E-state index in [1.54, 1.807) is 18.2 Å². The van der Waals surface area contributed by atoms with Gasteiger partial charge in [0, 0.05) is 18.2 Å². The van der Waals surface area contributed by atoms with Crippen LogP contribution >= 0.6 is 0 Å². The summed E-state index contributed by atoms with van der Waals surface area (Å²) in [4.78, 5) is 12.0. The van der Waals surface area contributed by atoms with Gasteiger partial charge in [0.25, 0.3) is 0 Å². The standard InChI is InChI=1S/C16H17NO3/c1-19-15-11-13(17)7-8-14(15)16(18)20-10-9-12-5-3-2-4-6-12/h2-8,11H,9-10,17H2,1H3. The zero-order valence-electron chi connectivity index (χ0n) is 11.3. The third-order valence-corrected chi connectivity index (χ3v) is 2.91. The van der Waals surface area contributed by atoms with E-state index in [1.807, 2.05) is 30.3 Å². The van der Waals surface area contributed by atoms with Crippen molar-refractivity contribution in [2.75, 3.05) is 19.5 Å². The van der Waals surface area contributed by atoms with Crippen molar-refractivity contribution in [2.24, 2.45) is 0 Å². The minimum absolute atomic E-state index is 0.330. The van der Waals surface area contributed by atoms with E-state index in [1.165, 1.54) is 7.11 Å². The molecule has 104 valence electrons. The predicted molar refractivity (Wildman–Crippen MR) is 77.8 cm³/mol. The molecular weight excluding hydrogens is 254 g/mol. The molecule has 2 aromatic rings. The molecule has 0 saturated carbocycles. The molecule has 2 aromatic carbocycles. The molecule has 0 radical (unpaired) electrons. The molecule has 4 nitrogen and oxygen atoms in total. The van der Waals surface area contributed by atoms with Crippen molar-refractivity contribution in [3.63, 3.8) is 0 Å². The molecule has 4 heteroatoms. The van der Waals surface area contributed by atoms with Gasteiger partial charge in [-0.05, 0) is 17.7 Å². The van der Waals surface area contributed by atoms with Gasteiger partial charge in [0.1, 0.15) is 11.3 Å². The first kappa shape index (κ1) is 13.9. The Morgan fingerprint density at radius 1 is 1.15 bits per heavy atom. The van der Waals surface area contributed by atoms with E-state index in [4.69, 9.17) is 15.2 Å². The number of esters is 1. The van der Waals surface area contributed by atoms with E-state index in [9.17, 15) is 4.79 Å². The van der Waals surface area contributed by atoms with Gasteiger partial charge in [-0.15, -0.1) is 0 Å². The van der Waals surface area contributed by atoms with E-state index < -0.39 is 5.97 Å². The van der Waals surface area contributed by atoms with Crippen molar-refractivity contribution in [3.05, 3.63) is 59.7 Å². The molecular formula is C16H17NO3. The summed E-state index contributed by atoms with van der Waals surface area (Å²) in [6.45, 7) is 0.330. The van der Waals surface area contributed by atoms with Gasteiger partial charge in [0.2, 0.25) is 0 Å². The number of carbonyl (C=O) groups is 1. The zero-order valence-corrected chi connectivity index (χ0v) is 11.3. The second kappa shape index (κ2) is 6.61. The Morgan fingerprint density at radius 2 is 1.90 bits per heavy atom. The minimum atomic E-state index is -0.405. The summed E-state index contributed by atoms with van der Waals surface area (Å²) in [6, 6.07) is 14.7. The second-order valence-electron chi connectivity index (χ2n) is 4.33. The van der Waals surface area contributed by atoms with Crippen LogP contribution in [0.1, 0.15) is 15.9 Å². The monoisotopic (exact) mass is 271 g/mol. The summed E-state index contributed by atoms with van der Waals surface area (Å²) in [5, 5.41) is 0. The Morgan fingerprint density at radius 3 is 2.60 bits per heavy atom. The van der Waals surface area contributed by atoms with Gasteiger partial charge in [0.05, 0.1) is 13.7 Å². The van der Waals surface area contributed by atoms with Crippen molar-refractivity contribution in [2.45, 2.75) is 6.42 Å². The first-order chi connectivity index (χ1) is 9.70. The molecule has 0 amide bonds. The fourth-order valence-corrected chi connectivity index (χ4v) is 1.86. The molecule has 20 heavy (non-hydrogen) atoms. The number of ether oxygens (including phenoxy) is 2.